The van der Waals surface area contributed by atoms with E-state index in [0.29, 0.717) is 5.92 Å². The van der Waals surface area contributed by atoms with Crippen LogP contribution in [0.4, 0.5) is 9.93 Å². The van der Waals surface area contributed by atoms with Crippen molar-refractivity contribution in [3.05, 3.63) is 5.01 Å². The number of aliphatic hydroxyl groups is 1. The van der Waals surface area contributed by atoms with Crippen molar-refractivity contribution >= 4 is 28.5 Å². The Morgan fingerprint density at radius 3 is 2.45 bits per heavy atom. The van der Waals surface area contributed by atoms with Crippen molar-refractivity contribution in [2.45, 2.75) is 39.3 Å². The molecule has 0 radical (unpaired) electrons. The lowest BCUT2D eigenvalue weighted by Crippen LogP contribution is -2.49. The van der Waals surface area contributed by atoms with Crippen LogP contribution in [0.15, 0.2) is 0 Å². The first kappa shape index (κ1) is 16.3. The number of hydrogen-bond acceptors (Lipinski definition) is 6. The Morgan fingerprint density at radius 2 is 1.95 bits per heavy atom. The topological polar surface area (TPSA) is 124 Å². The predicted molar refractivity (Wildman–Crippen MR) is 73.7 cm³/mol. The minimum atomic E-state index is -1.38. The Hall–Kier alpha value is -1.74. The molecule has 4 N–H and O–H groups in total. The molecule has 0 fully saturated rings. The number of hydrogen-bond donors (Lipinski definition) is 4. The smallest absolute Gasteiger partial charge is 0.328 e. The number of anilines is 1. The third-order valence-electron chi connectivity index (χ3n) is 2.31. The van der Waals surface area contributed by atoms with E-state index in [9.17, 15) is 14.7 Å². The molecule has 0 saturated carbocycles. The first-order valence-corrected chi connectivity index (χ1v) is 6.92. The number of aliphatic hydroxyl groups excluding tert-OH is 1. The Balaban J connectivity index is 2.57. The summed E-state index contributed by atoms with van der Waals surface area (Å²) in [6.45, 7) is 5.37. The molecule has 1 aromatic rings. The number of carbonyl (C=O) groups is 2. The summed E-state index contributed by atoms with van der Waals surface area (Å²) in [4.78, 5) is 22.4. The molecule has 1 heterocycles. The maximum Gasteiger partial charge on any atom is 0.328 e. The SMILES string of the molecule is CC(C)Cc1nnc(NC(=O)N[C@H](C(=O)O)[C@@H](C)O)s1. The van der Waals surface area contributed by atoms with Crippen LogP contribution in [0.2, 0.25) is 0 Å². The summed E-state index contributed by atoms with van der Waals surface area (Å²) in [5, 5.41) is 31.4. The van der Waals surface area contributed by atoms with Gasteiger partial charge in [0.15, 0.2) is 6.04 Å². The van der Waals surface area contributed by atoms with E-state index < -0.39 is 24.1 Å². The van der Waals surface area contributed by atoms with Crippen molar-refractivity contribution in [2.24, 2.45) is 5.92 Å². The molecule has 20 heavy (non-hydrogen) atoms. The molecular formula is C11H18N4O4S. The van der Waals surface area contributed by atoms with Gasteiger partial charge in [-0.25, -0.2) is 9.59 Å². The van der Waals surface area contributed by atoms with Crippen LogP contribution in [0.3, 0.4) is 0 Å². The van der Waals surface area contributed by atoms with Crippen molar-refractivity contribution in [3.8, 4) is 0 Å². The summed E-state index contributed by atoms with van der Waals surface area (Å²) >= 11 is 1.23. The molecule has 0 aliphatic carbocycles. The van der Waals surface area contributed by atoms with Gasteiger partial charge in [-0.1, -0.05) is 25.2 Å². The van der Waals surface area contributed by atoms with Gasteiger partial charge in [0.2, 0.25) is 5.13 Å². The summed E-state index contributed by atoms with van der Waals surface area (Å²) in [5.41, 5.74) is 0. The zero-order chi connectivity index (χ0) is 15.3. The number of nitrogens with zero attached hydrogens (tertiary/aromatic N) is 2. The van der Waals surface area contributed by atoms with Crippen LogP contribution in [0.1, 0.15) is 25.8 Å². The van der Waals surface area contributed by atoms with Crippen LogP contribution in [0.5, 0.6) is 0 Å². The second kappa shape index (κ2) is 7.15. The molecule has 112 valence electrons. The highest BCUT2D eigenvalue weighted by Gasteiger charge is 2.25. The second-order valence-electron chi connectivity index (χ2n) is 4.75. The summed E-state index contributed by atoms with van der Waals surface area (Å²) in [6.07, 6.45) is -0.448. The van der Waals surface area contributed by atoms with Crippen molar-refractivity contribution in [1.82, 2.24) is 15.5 Å². The summed E-state index contributed by atoms with van der Waals surface area (Å²) < 4.78 is 0. The van der Waals surface area contributed by atoms with Crippen molar-refractivity contribution in [3.63, 3.8) is 0 Å². The van der Waals surface area contributed by atoms with Gasteiger partial charge in [0.05, 0.1) is 6.10 Å². The van der Waals surface area contributed by atoms with E-state index in [2.05, 4.69) is 20.8 Å². The number of nitrogens with one attached hydrogen (secondary N) is 2. The molecule has 0 bridgehead atoms. The van der Waals surface area contributed by atoms with E-state index >= 15 is 0 Å². The average molecular weight is 302 g/mol. The van der Waals surface area contributed by atoms with E-state index in [-0.39, 0.29) is 5.13 Å². The van der Waals surface area contributed by atoms with Crippen LogP contribution < -0.4 is 10.6 Å². The van der Waals surface area contributed by atoms with Gasteiger partial charge in [-0.15, -0.1) is 10.2 Å². The van der Waals surface area contributed by atoms with Crippen LogP contribution in [0, 0.1) is 5.92 Å². The minimum Gasteiger partial charge on any atom is -0.480 e. The van der Waals surface area contributed by atoms with Crippen molar-refractivity contribution in [2.75, 3.05) is 5.32 Å². The minimum absolute atomic E-state index is 0.285. The van der Waals surface area contributed by atoms with Crippen LogP contribution in [0.25, 0.3) is 0 Å². The largest absolute Gasteiger partial charge is 0.480 e. The van der Waals surface area contributed by atoms with Gasteiger partial charge < -0.3 is 15.5 Å². The fraction of sp³-hybridized carbons (Fsp3) is 0.636. The molecule has 2 amide bonds. The highest BCUT2D eigenvalue weighted by molar-refractivity contribution is 7.15. The molecular weight excluding hydrogens is 284 g/mol. The average Bonchev–Trinajstić information content (AvgIpc) is 2.71. The number of urea groups is 1. The number of aromatic nitrogens is 2. The standard InChI is InChI=1S/C11H18N4O4S/c1-5(2)4-7-14-15-11(20-7)13-10(19)12-8(6(3)16)9(17)18/h5-6,8,16H,4H2,1-3H3,(H,17,18)(H2,12,13,15,19)/t6-,8+/m1/s1. The molecule has 0 spiro atoms. The molecule has 0 saturated heterocycles. The molecule has 1 aromatic heterocycles. The fourth-order valence-electron chi connectivity index (χ4n) is 1.40. The lowest BCUT2D eigenvalue weighted by molar-refractivity contribution is -0.141. The molecule has 1 rings (SSSR count). The maximum atomic E-state index is 11.6. The number of rotatable bonds is 6. The van der Waals surface area contributed by atoms with Gasteiger partial charge in [0, 0.05) is 6.42 Å². The number of carboxylic acid groups (broad SMARTS) is 1. The number of amides is 2. The van der Waals surface area contributed by atoms with Gasteiger partial charge in [0.1, 0.15) is 5.01 Å². The summed E-state index contributed by atoms with van der Waals surface area (Å²) in [5.74, 6) is -0.885. The highest BCUT2D eigenvalue weighted by Crippen LogP contribution is 2.18. The van der Waals surface area contributed by atoms with Crippen molar-refractivity contribution < 1.29 is 19.8 Å². The number of carbonyl (C=O) groups excluding carboxylic acids is 1. The van der Waals surface area contributed by atoms with Crippen LogP contribution in [-0.4, -0.2) is 44.6 Å². The Bertz CT molecular complexity index is 475. The Kier molecular flexibility index (Phi) is 5.83. The van der Waals surface area contributed by atoms with Crippen LogP contribution in [-0.2, 0) is 11.2 Å². The van der Waals surface area contributed by atoms with Gasteiger partial charge in [-0.3, -0.25) is 5.32 Å². The van der Waals surface area contributed by atoms with Gasteiger partial charge in [0.25, 0.3) is 0 Å². The van der Waals surface area contributed by atoms with E-state index in [0.717, 1.165) is 11.4 Å². The Labute approximate surface area is 120 Å². The molecule has 2 atom stereocenters. The number of carboxylic acids is 1. The summed E-state index contributed by atoms with van der Waals surface area (Å²) in [6, 6.07) is -2.12. The Morgan fingerprint density at radius 1 is 1.30 bits per heavy atom. The molecule has 0 aliphatic rings. The van der Waals surface area contributed by atoms with Gasteiger partial charge >= 0.3 is 12.0 Å². The quantitative estimate of drug-likeness (QED) is 0.613. The molecule has 8 nitrogen and oxygen atoms in total. The maximum absolute atomic E-state index is 11.6. The van der Waals surface area contributed by atoms with Crippen LogP contribution >= 0.6 is 11.3 Å². The first-order chi connectivity index (χ1) is 9.29. The van der Waals surface area contributed by atoms with E-state index in [1.165, 1.54) is 18.3 Å². The number of aliphatic carboxylic acids is 1. The zero-order valence-corrected chi connectivity index (χ0v) is 12.3. The summed E-state index contributed by atoms with van der Waals surface area (Å²) in [7, 11) is 0. The lowest BCUT2D eigenvalue weighted by atomic mass is 10.1. The van der Waals surface area contributed by atoms with E-state index in [1.54, 1.807) is 0 Å². The third kappa shape index (κ3) is 5.10. The zero-order valence-electron chi connectivity index (χ0n) is 11.5. The first-order valence-electron chi connectivity index (χ1n) is 6.10. The fourth-order valence-corrected chi connectivity index (χ4v) is 2.35. The third-order valence-corrected chi connectivity index (χ3v) is 3.17. The lowest BCUT2D eigenvalue weighted by Gasteiger charge is -2.16. The molecule has 0 unspecified atom stereocenters. The van der Waals surface area contributed by atoms with Gasteiger partial charge in [-0.2, -0.15) is 0 Å². The predicted octanol–water partition coefficient (Wildman–Crippen LogP) is 0.692. The monoisotopic (exact) mass is 302 g/mol. The molecule has 0 aromatic carbocycles. The van der Waals surface area contributed by atoms with Crippen molar-refractivity contribution in [1.29, 1.82) is 0 Å². The highest BCUT2D eigenvalue weighted by atomic mass is 32.1. The van der Waals surface area contributed by atoms with E-state index in [1.807, 2.05) is 13.8 Å². The van der Waals surface area contributed by atoms with Gasteiger partial charge in [-0.05, 0) is 12.8 Å². The second-order valence-corrected chi connectivity index (χ2v) is 5.82. The molecule has 0 aliphatic heterocycles. The van der Waals surface area contributed by atoms with E-state index in [4.69, 9.17) is 5.11 Å². The molecule has 9 heteroatoms. The normalized spacial score (nSPS) is 13.8.